The summed E-state index contributed by atoms with van der Waals surface area (Å²) in [5, 5.41) is 0. The summed E-state index contributed by atoms with van der Waals surface area (Å²) < 4.78 is 9.88. The molecule has 0 aromatic carbocycles. The van der Waals surface area contributed by atoms with Gasteiger partial charge in [0.25, 0.3) is 0 Å². The maximum atomic E-state index is 10.9. The standard InChI is InChI=1S/C9H16O3/c1-3-4-9(10)5-6-12-8-7-11-2/h3H,1,4-8H2,2H3. The van der Waals surface area contributed by atoms with Crippen LogP contribution in [0.3, 0.4) is 0 Å². The van der Waals surface area contributed by atoms with Gasteiger partial charge in [-0.2, -0.15) is 0 Å². The molecule has 0 aromatic rings. The Kier molecular flexibility index (Phi) is 7.96. The van der Waals surface area contributed by atoms with Crippen molar-refractivity contribution >= 4 is 5.78 Å². The zero-order valence-electron chi connectivity index (χ0n) is 7.54. The molecule has 0 aliphatic rings. The monoisotopic (exact) mass is 172 g/mol. The molecule has 0 aliphatic carbocycles. The van der Waals surface area contributed by atoms with Crippen molar-refractivity contribution < 1.29 is 14.3 Å². The van der Waals surface area contributed by atoms with E-state index >= 15 is 0 Å². The number of hydrogen-bond acceptors (Lipinski definition) is 3. The van der Waals surface area contributed by atoms with Crippen LogP contribution in [-0.2, 0) is 14.3 Å². The van der Waals surface area contributed by atoms with E-state index in [0.29, 0.717) is 32.7 Å². The summed E-state index contributed by atoms with van der Waals surface area (Å²) in [7, 11) is 1.62. The highest BCUT2D eigenvalue weighted by Gasteiger charge is 1.97. The fraction of sp³-hybridized carbons (Fsp3) is 0.667. The van der Waals surface area contributed by atoms with E-state index in [1.165, 1.54) is 0 Å². The molecule has 70 valence electrons. The van der Waals surface area contributed by atoms with Gasteiger partial charge in [-0.1, -0.05) is 6.08 Å². The third kappa shape index (κ3) is 7.44. The van der Waals surface area contributed by atoms with E-state index in [4.69, 9.17) is 9.47 Å². The van der Waals surface area contributed by atoms with Gasteiger partial charge in [-0.25, -0.2) is 0 Å². The largest absolute Gasteiger partial charge is 0.382 e. The molecule has 3 heteroatoms. The van der Waals surface area contributed by atoms with E-state index in [1.54, 1.807) is 13.2 Å². The van der Waals surface area contributed by atoms with Crippen LogP contribution in [-0.4, -0.2) is 32.7 Å². The van der Waals surface area contributed by atoms with Gasteiger partial charge >= 0.3 is 0 Å². The fourth-order valence-electron chi connectivity index (χ4n) is 0.693. The Morgan fingerprint density at radius 3 is 2.75 bits per heavy atom. The SMILES string of the molecule is C=CCC(=O)CCOCCOC. The molecule has 0 atom stereocenters. The molecule has 0 radical (unpaired) electrons. The summed E-state index contributed by atoms with van der Waals surface area (Å²) in [4.78, 5) is 10.9. The van der Waals surface area contributed by atoms with Crippen LogP contribution in [0.1, 0.15) is 12.8 Å². The third-order valence-corrected chi connectivity index (χ3v) is 1.33. The smallest absolute Gasteiger partial charge is 0.138 e. The molecule has 0 saturated carbocycles. The van der Waals surface area contributed by atoms with Crippen LogP contribution in [0.2, 0.25) is 0 Å². The van der Waals surface area contributed by atoms with Crippen LogP contribution >= 0.6 is 0 Å². The highest BCUT2D eigenvalue weighted by molar-refractivity contribution is 5.79. The minimum atomic E-state index is 0.169. The second-order valence-corrected chi connectivity index (χ2v) is 2.39. The van der Waals surface area contributed by atoms with Crippen molar-refractivity contribution in [1.82, 2.24) is 0 Å². The Labute approximate surface area is 73.4 Å². The fourth-order valence-corrected chi connectivity index (χ4v) is 0.693. The topological polar surface area (TPSA) is 35.5 Å². The summed E-state index contributed by atoms with van der Waals surface area (Å²) in [6.45, 7) is 5.09. The van der Waals surface area contributed by atoms with Gasteiger partial charge in [-0.15, -0.1) is 6.58 Å². The number of Topliss-reactive ketones (excluding diaryl/α,β-unsaturated/α-hetero) is 1. The third-order valence-electron chi connectivity index (χ3n) is 1.33. The molecule has 0 fully saturated rings. The molecule has 0 saturated heterocycles. The Morgan fingerprint density at radius 2 is 2.17 bits per heavy atom. The van der Waals surface area contributed by atoms with E-state index in [2.05, 4.69) is 6.58 Å². The molecule has 0 bridgehead atoms. The van der Waals surface area contributed by atoms with Crippen LogP contribution < -0.4 is 0 Å². The van der Waals surface area contributed by atoms with Crippen LogP contribution in [0.25, 0.3) is 0 Å². The first-order chi connectivity index (χ1) is 5.81. The lowest BCUT2D eigenvalue weighted by Gasteiger charge is -2.01. The summed E-state index contributed by atoms with van der Waals surface area (Å²) in [5.74, 6) is 0.169. The molecule has 0 spiro atoms. The number of methoxy groups -OCH3 is 1. The van der Waals surface area contributed by atoms with Crippen molar-refractivity contribution in [2.45, 2.75) is 12.8 Å². The first-order valence-corrected chi connectivity index (χ1v) is 4.00. The van der Waals surface area contributed by atoms with Crippen molar-refractivity contribution in [2.24, 2.45) is 0 Å². The van der Waals surface area contributed by atoms with Crippen molar-refractivity contribution in [1.29, 1.82) is 0 Å². The first-order valence-electron chi connectivity index (χ1n) is 4.00. The molecular weight excluding hydrogens is 156 g/mol. The minimum Gasteiger partial charge on any atom is -0.382 e. The molecule has 0 N–H and O–H groups in total. The number of carbonyl (C=O) groups is 1. The summed E-state index contributed by atoms with van der Waals surface area (Å²) in [6.07, 6.45) is 2.51. The Hall–Kier alpha value is -0.670. The lowest BCUT2D eigenvalue weighted by Crippen LogP contribution is -2.06. The highest BCUT2D eigenvalue weighted by atomic mass is 16.5. The Morgan fingerprint density at radius 1 is 1.42 bits per heavy atom. The number of hydrogen-bond donors (Lipinski definition) is 0. The molecule has 0 unspecified atom stereocenters. The lowest BCUT2D eigenvalue weighted by molar-refractivity contribution is -0.119. The van der Waals surface area contributed by atoms with Crippen LogP contribution in [0.15, 0.2) is 12.7 Å². The number of rotatable bonds is 8. The lowest BCUT2D eigenvalue weighted by atomic mass is 10.2. The average Bonchev–Trinajstić information content (AvgIpc) is 2.05. The van der Waals surface area contributed by atoms with Gasteiger partial charge in [0.05, 0.1) is 19.8 Å². The number of carbonyl (C=O) groups excluding carboxylic acids is 1. The first kappa shape index (κ1) is 11.3. The van der Waals surface area contributed by atoms with Gasteiger partial charge < -0.3 is 9.47 Å². The van der Waals surface area contributed by atoms with E-state index < -0.39 is 0 Å². The average molecular weight is 172 g/mol. The predicted molar refractivity (Wildman–Crippen MR) is 47.1 cm³/mol. The summed E-state index contributed by atoms with van der Waals surface area (Å²) in [5.41, 5.74) is 0. The van der Waals surface area contributed by atoms with Crippen LogP contribution in [0, 0.1) is 0 Å². The molecule has 3 nitrogen and oxygen atoms in total. The van der Waals surface area contributed by atoms with Crippen molar-refractivity contribution in [2.75, 3.05) is 26.9 Å². The molecule has 12 heavy (non-hydrogen) atoms. The van der Waals surface area contributed by atoms with Gasteiger partial charge in [0.1, 0.15) is 5.78 Å². The van der Waals surface area contributed by atoms with E-state index in [-0.39, 0.29) is 5.78 Å². The Bertz CT molecular complexity index is 132. The summed E-state index contributed by atoms with van der Waals surface area (Å²) >= 11 is 0. The van der Waals surface area contributed by atoms with E-state index in [1.807, 2.05) is 0 Å². The molecule has 0 heterocycles. The molecule has 0 rings (SSSR count). The Balaban J connectivity index is 3.08. The highest BCUT2D eigenvalue weighted by Crippen LogP contribution is 1.91. The predicted octanol–water partition coefficient (Wildman–Crippen LogP) is 1.18. The van der Waals surface area contributed by atoms with Gasteiger partial charge in [-0.05, 0) is 0 Å². The van der Waals surface area contributed by atoms with Crippen molar-refractivity contribution in [3.05, 3.63) is 12.7 Å². The minimum absolute atomic E-state index is 0.169. The molecule has 0 aromatic heterocycles. The normalized spacial score (nSPS) is 9.75. The van der Waals surface area contributed by atoms with Gasteiger partial charge in [0.15, 0.2) is 0 Å². The molecule has 0 aliphatic heterocycles. The number of allylic oxidation sites excluding steroid dienone is 1. The maximum absolute atomic E-state index is 10.9. The number of ether oxygens (including phenoxy) is 2. The van der Waals surface area contributed by atoms with Crippen LogP contribution in [0.4, 0.5) is 0 Å². The van der Waals surface area contributed by atoms with Gasteiger partial charge in [0, 0.05) is 20.0 Å². The van der Waals surface area contributed by atoms with Crippen molar-refractivity contribution in [3.63, 3.8) is 0 Å². The summed E-state index contributed by atoms with van der Waals surface area (Å²) in [6, 6.07) is 0. The zero-order chi connectivity index (χ0) is 9.23. The molecular formula is C9H16O3. The van der Waals surface area contributed by atoms with Gasteiger partial charge in [0.2, 0.25) is 0 Å². The number of ketones is 1. The quantitative estimate of drug-likeness (QED) is 0.407. The second-order valence-electron chi connectivity index (χ2n) is 2.39. The molecule has 0 amide bonds. The van der Waals surface area contributed by atoms with Crippen LogP contribution in [0.5, 0.6) is 0 Å². The van der Waals surface area contributed by atoms with E-state index in [0.717, 1.165) is 0 Å². The van der Waals surface area contributed by atoms with Crippen molar-refractivity contribution in [3.8, 4) is 0 Å². The van der Waals surface area contributed by atoms with E-state index in [9.17, 15) is 4.79 Å². The second kappa shape index (κ2) is 8.43. The van der Waals surface area contributed by atoms with Gasteiger partial charge in [-0.3, -0.25) is 4.79 Å². The maximum Gasteiger partial charge on any atom is 0.138 e. The zero-order valence-corrected chi connectivity index (χ0v) is 7.54.